The maximum absolute atomic E-state index is 13.0. The summed E-state index contributed by atoms with van der Waals surface area (Å²) >= 11 is 6.21. The van der Waals surface area contributed by atoms with Crippen molar-refractivity contribution in [1.82, 2.24) is 4.31 Å². The molecule has 2 aromatic carbocycles. The molecule has 0 spiro atoms. The number of sulfone groups is 1. The first-order chi connectivity index (χ1) is 12.2. The SMILES string of the molecule is CS(=O)(=O)c1ccccc1S(=O)(=O)N1CCN(c2ccccc2Cl)CC1. The summed E-state index contributed by atoms with van der Waals surface area (Å²) in [6, 6.07) is 13.1. The van der Waals surface area contributed by atoms with Crippen molar-refractivity contribution in [3.05, 3.63) is 53.6 Å². The highest BCUT2D eigenvalue weighted by Gasteiger charge is 2.32. The molecule has 1 aliphatic rings. The lowest BCUT2D eigenvalue weighted by Gasteiger charge is -2.36. The van der Waals surface area contributed by atoms with Crippen molar-refractivity contribution in [2.45, 2.75) is 9.79 Å². The molecule has 140 valence electrons. The Labute approximate surface area is 159 Å². The fraction of sp³-hybridized carbons (Fsp3) is 0.294. The van der Waals surface area contributed by atoms with E-state index in [1.54, 1.807) is 6.07 Å². The molecular formula is C17H19ClN2O4S2. The van der Waals surface area contributed by atoms with Gasteiger partial charge >= 0.3 is 0 Å². The van der Waals surface area contributed by atoms with Crippen molar-refractivity contribution in [1.29, 1.82) is 0 Å². The molecule has 0 unspecified atom stereocenters. The second-order valence-corrected chi connectivity index (χ2v) is 10.4. The van der Waals surface area contributed by atoms with Gasteiger partial charge in [0, 0.05) is 32.4 Å². The average Bonchev–Trinajstić information content (AvgIpc) is 2.61. The summed E-state index contributed by atoms with van der Waals surface area (Å²) in [5, 5.41) is 0.617. The van der Waals surface area contributed by atoms with E-state index in [9.17, 15) is 16.8 Å². The van der Waals surface area contributed by atoms with Crippen LogP contribution in [0.3, 0.4) is 0 Å². The summed E-state index contributed by atoms with van der Waals surface area (Å²) in [5.41, 5.74) is 0.864. The minimum absolute atomic E-state index is 0.173. The topological polar surface area (TPSA) is 74.8 Å². The Bertz CT molecular complexity index is 1010. The quantitative estimate of drug-likeness (QED) is 0.767. The molecule has 6 nitrogen and oxygen atoms in total. The van der Waals surface area contributed by atoms with Crippen LogP contribution in [0.15, 0.2) is 58.3 Å². The Morgan fingerprint density at radius 3 is 1.92 bits per heavy atom. The lowest BCUT2D eigenvalue weighted by molar-refractivity contribution is 0.384. The number of benzene rings is 2. The lowest BCUT2D eigenvalue weighted by atomic mass is 10.2. The highest BCUT2D eigenvalue weighted by Crippen LogP contribution is 2.29. The maximum Gasteiger partial charge on any atom is 0.244 e. The standard InChI is InChI=1S/C17H19ClN2O4S2/c1-25(21,22)16-8-4-5-9-17(16)26(23,24)20-12-10-19(11-13-20)15-7-3-2-6-14(15)18/h2-9H,10-13H2,1H3. The van der Waals surface area contributed by atoms with Crippen LogP contribution in [0.4, 0.5) is 5.69 Å². The van der Waals surface area contributed by atoms with E-state index in [4.69, 9.17) is 11.6 Å². The first kappa shape index (κ1) is 19.2. The maximum atomic E-state index is 13.0. The van der Waals surface area contributed by atoms with Crippen molar-refractivity contribution in [3.63, 3.8) is 0 Å². The predicted molar refractivity (Wildman–Crippen MR) is 102 cm³/mol. The van der Waals surface area contributed by atoms with E-state index in [2.05, 4.69) is 0 Å². The number of para-hydroxylation sites is 1. The van der Waals surface area contributed by atoms with E-state index < -0.39 is 19.9 Å². The molecule has 1 fully saturated rings. The zero-order valence-electron chi connectivity index (χ0n) is 14.2. The molecule has 3 rings (SSSR count). The number of halogens is 1. The normalized spacial score (nSPS) is 16.6. The van der Waals surface area contributed by atoms with Gasteiger partial charge in [-0.15, -0.1) is 0 Å². The van der Waals surface area contributed by atoms with Crippen LogP contribution in [0.25, 0.3) is 0 Å². The molecule has 2 aromatic rings. The molecule has 0 amide bonds. The van der Waals surface area contributed by atoms with Gasteiger partial charge < -0.3 is 4.90 Å². The van der Waals surface area contributed by atoms with E-state index >= 15 is 0 Å². The van der Waals surface area contributed by atoms with Gasteiger partial charge in [0.1, 0.15) is 4.90 Å². The highest BCUT2D eigenvalue weighted by molar-refractivity contribution is 7.93. The van der Waals surface area contributed by atoms with Gasteiger partial charge in [0.15, 0.2) is 9.84 Å². The Morgan fingerprint density at radius 2 is 1.35 bits per heavy atom. The molecule has 1 heterocycles. The lowest BCUT2D eigenvalue weighted by Crippen LogP contribution is -2.48. The second-order valence-electron chi connectivity index (χ2n) is 6.06. The molecule has 0 saturated carbocycles. The van der Waals surface area contributed by atoms with Crippen molar-refractivity contribution in [2.24, 2.45) is 0 Å². The molecule has 1 saturated heterocycles. The van der Waals surface area contributed by atoms with Gasteiger partial charge in [0.05, 0.1) is 15.6 Å². The summed E-state index contributed by atoms with van der Waals surface area (Å²) in [6.45, 7) is 1.46. The monoisotopic (exact) mass is 414 g/mol. The summed E-state index contributed by atoms with van der Waals surface area (Å²) < 4.78 is 51.2. The van der Waals surface area contributed by atoms with Crippen LogP contribution in [0.5, 0.6) is 0 Å². The first-order valence-electron chi connectivity index (χ1n) is 8.00. The van der Waals surface area contributed by atoms with E-state index in [0.717, 1.165) is 11.9 Å². The van der Waals surface area contributed by atoms with Gasteiger partial charge in [-0.05, 0) is 24.3 Å². The number of nitrogens with zero attached hydrogens (tertiary/aromatic N) is 2. The van der Waals surface area contributed by atoms with Crippen LogP contribution in [-0.2, 0) is 19.9 Å². The molecule has 0 bridgehead atoms. The smallest absolute Gasteiger partial charge is 0.244 e. The van der Waals surface area contributed by atoms with Gasteiger partial charge in [0.2, 0.25) is 10.0 Å². The Balaban J connectivity index is 1.85. The molecular weight excluding hydrogens is 396 g/mol. The predicted octanol–water partition coefficient (Wildman–Crippen LogP) is 2.25. The Kier molecular flexibility index (Phi) is 5.30. The summed E-state index contributed by atoms with van der Waals surface area (Å²) in [4.78, 5) is 1.68. The van der Waals surface area contributed by atoms with Gasteiger partial charge in [-0.2, -0.15) is 4.31 Å². The van der Waals surface area contributed by atoms with Gasteiger partial charge in [0.25, 0.3) is 0 Å². The minimum Gasteiger partial charge on any atom is -0.368 e. The molecule has 0 atom stereocenters. The van der Waals surface area contributed by atoms with Crippen LogP contribution in [0, 0.1) is 0 Å². The van der Waals surface area contributed by atoms with Crippen LogP contribution >= 0.6 is 11.6 Å². The number of hydrogen-bond donors (Lipinski definition) is 0. The zero-order valence-corrected chi connectivity index (χ0v) is 16.6. The van der Waals surface area contributed by atoms with E-state index in [1.807, 2.05) is 23.1 Å². The highest BCUT2D eigenvalue weighted by atomic mass is 35.5. The number of rotatable bonds is 4. The summed E-state index contributed by atoms with van der Waals surface area (Å²) in [7, 11) is -7.55. The fourth-order valence-corrected chi connectivity index (χ4v) is 6.27. The van der Waals surface area contributed by atoms with Crippen LogP contribution in [0.2, 0.25) is 5.02 Å². The molecule has 1 aliphatic heterocycles. The largest absolute Gasteiger partial charge is 0.368 e. The van der Waals surface area contributed by atoms with E-state index in [0.29, 0.717) is 18.1 Å². The molecule has 0 N–H and O–H groups in total. The summed E-state index contributed by atoms with van der Waals surface area (Å²) in [5.74, 6) is 0. The van der Waals surface area contributed by atoms with Crippen LogP contribution < -0.4 is 4.90 Å². The molecule has 0 aliphatic carbocycles. The van der Waals surface area contributed by atoms with E-state index in [-0.39, 0.29) is 22.9 Å². The van der Waals surface area contributed by atoms with Gasteiger partial charge in [-0.25, -0.2) is 16.8 Å². The Morgan fingerprint density at radius 1 is 0.808 bits per heavy atom. The van der Waals surface area contributed by atoms with Crippen molar-refractivity contribution in [3.8, 4) is 0 Å². The van der Waals surface area contributed by atoms with Crippen LogP contribution in [-0.4, -0.2) is 53.6 Å². The van der Waals surface area contributed by atoms with Crippen molar-refractivity contribution >= 4 is 37.1 Å². The van der Waals surface area contributed by atoms with Crippen molar-refractivity contribution in [2.75, 3.05) is 37.3 Å². The molecule has 0 radical (unpaired) electrons. The molecule has 9 heteroatoms. The summed E-state index contributed by atoms with van der Waals surface area (Å²) in [6.07, 6.45) is 1.01. The third-order valence-corrected chi connectivity index (χ3v) is 7.86. The Hall–Kier alpha value is -1.61. The average molecular weight is 415 g/mol. The second kappa shape index (κ2) is 7.19. The third-order valence-electron chi connectivity index (χ3n) is 4.30. The van der Waals surface area contributed by atoms with Gasteiger partial charge in [-0.1, -0.05) is 35.9 Å². The van der Waals surface area contributed by atoms with Crippen molar-refractivity contribution < 1.29 is 16.8 Å². The minimum atomic E-state index is -3.90. The number of sulfonamides is 1. The fourth-order valence-electron chi connectivity index (χ4n) is 2.99. The van der Waals surface area contributed by atoms with E-state index in [1.165, 1.54) is 28.6 Å². The van der Waals surface area contributed by atoms with Gasteiger partial charge in [-0.3, -0.25) is 0 Å². The zero-order chi connectivity index (χ0) is 18.9. The number of anilines is 1. The van der Waals surface area contributed by atoms with Crippen LogP contribution in [0.1, 0.15) is 0 Å². The molecule has 26 heavy (non-hydrogen) atoms. The number of hydrogen-bond acceptors (Lipinski definition) is 5. The molecule has 0 aromatic heterocycles. The third kappa shape index (κ3) is 3.73. The number of piperazine rings is 1. The first-order valence-corrected chi connectivity index (χ1v) is 11.7.